The van der Waals surface area contributed by atoms with Gasteiger partial charge >= 0.3 is 12.2 Å². The van der Waals surface area contributed by atoms with E-state index in [1.54, 1.807) is 45.0 Å². The molecule has 0 bridgehead atoms. The predicted molar refractivity (Wildman–Crippen MR) is 104 cm³/mol. The van der Waals surface area contributed by atoms with E-state index in [0.717, 1.165) is 12.8 Å². The molecule has 3 amide bonds. The summed E-state index contributed by atoms with van der Waals surface area (Å²) in [6, 6.07) is 6.46. The van der Waals surface area contributed by atoms with Gasteiger partial charge in [0.25, 0.3) is 0 Å². The lowest BCUT2D eigenvalue weighted by molar-refractivity contribution is -0.122. The molecular weight excluding hydrogens is 362 g/mol. The van der Waals surface area contributed by atoms with Crippen molar-refractivity contribution in [3.05, 3.63) is 24.3 Å². The Morgan fingerprint density at radius 2 is 2.00 bits per heavy atom. The summed E-state index contributed by atoms with van der Waals surface area (Å²) in [5.41, 5.74) is 0.610. The molecule has 0 aliphatic carbocycles. The molecule has 2 heterocycles. The third-order valence-corrected chi connectivity index (χ3v) is 4.62. The number of carbonyl (C=O) groups is 3. The van der Waals surface area contributed by atoms with Crippen LogP contribution in [0.2, 0.25) is 0 Å². The van der Waals surface area contributed by atoms with Crippen molar-refractivity contribution in [3.8, 4) is 0 Å². The van der Waals surface area contributed by atoms with Crippen LogP contribution in [-0.2, 0) is 14.3 Å². The van der Waals surface area contributed by atoms with Gasteiger partial charge in [0, 0.05) is 17.9 Å². The molecule has 1 aromatic carbocycles. The second-order valence-electron chi connectivity index (χ2n) is 7.99. The molecule has 8 nitrogen and oxygen atoms in total. The summed E-state index contributed by atoms with van der Waals surface area (Å²) in [6.45, 7) is 6.73. The number of likely N-dealkylation sites (tertiary alicyclic amines) is 1. The van der Waals surface area contributed by atoms with Gasteiger partial charge in [-0.2, -0.15) is 0 Å². The van der Waals surface area contributed by atoms with E-state index in [2.05, 4.69) is 5.32 Å². The third kappa shape index (κ3) is 4.74. The van der Waals surface area contributed by atoms with Crippen LogP contribution in [0.25, 0.3) is 0 Å². The number of rotatable bonds is 3. The summed E-state index contributed by atoms with van der Waals surface area (Å²) in [5, 5.41) is 2.87. The maximum absolute atomic E-state index is 12.9. The normalized spacial score (nSPS) is 20.0. The molecule has 28 heavy (non-hydrogen) atoms. The van der Waals surface area contributed by atoms with Gasteiger partial charge in [0.2, 0.25) is 5.91 Å². The highest BCUT2D eigenvalue weighted by atomic mass is 16.6. The van der Waals surface area contributed by atoms with E-state index in [1.165, 1.54) is 9.80 Å². The van der Waals surface area contributed by atoms with E-state index >= 15 is 0 Å². The molecule has 1 atom stereocenters. The average molecular weight is 389 g/mol. The fraction of sp³-hybridized carbons (Fsp3) is 0.550. The summed E-state index contributed by atoms with van der Waals surface area (Å²) >= 11 is 0. The Morgan fingerprint density at radius 3 is 2.68 bits per heavy atom. The van der Waals surface area contributed by atoms with Crippen molar-refractivity contribution < 1.29 is 23.9 Å². The Balaban J connectivity index is 1.70. The van der Waals surface area contributed by atoms with Crippen molar-refractivity contribution in [1.29, 1.82) is 0 Å². The first kappa shape index (κ1) is 20.0. The zero-order valence-corrected chi connectivity index (χ0v) is 16.6. The number of ether oxygens (including phenoxy) is 2. The van der Waals surface area contributed by atoms with Gasteiger partial charge in [0.1, 0.15) is 18.2 Å². The van der Waals surface area contributed by atoms with Crippen LogP contribution in [0.4, 0.5) is 21.0 Å². The highest BCUT2D eigenvalue weighted by Crippen LogP contribution is 2.25. The van der Waals surface area contributed by atoms with Crippen molar-refractivity contribution in [2.45, 2.75) is 51.7 Å². The number of piperidine rings is 1. The Hall–Kier alpha value is -2.77. The van der Waals surface area contributed by atoms with E-state index in [1.807, 2.05) is 0 Å². The third-order valence-electron chi connectivity index (χ3n) is 4.62. The lowest BCUT2D eigenvalue weighted by Gasteiger charge is -2.35. The van der Waals surface area contributed by atoms with Crippen molar-refractivity contribution in [1.82, 2.24) is 4.90 Å². The maximum Gasteiger partial charge on any atom is 0.414 e. The number of hydrogen-bond acceptors (Lipinski definition) is 5. The molecule has 8 heteroatoms. The summed E-state index contributed by atoms with van der Waals surface area (Å²) in [4.78, 5) is 40.2. The lowest BCUT2D eigenvalue weighted by atomic mass is 10.0. The molecule has 0 saturated carbocycles. The first-order valence-corrected chi connectivity index (χ1v) is 9.59. The van der Waals surface area contributed by atoms with Gasteiger partial charge in [-0.1, -0.05) is 6.07 Å². The Kier molecular flexibility index (Phi) is 5.76. The van der Waals surface area contributed by atoms with Gasteiger partial charge in [-0.05, 0) is 58.2 Å². The fourth-order valence-corrected chi connectivity index (χ4v) is 3.35. The van der Waals surface area contributed by atoms with Crippen molar-refractivity contribution in [3.63, 3.8) is 0 Å². The maximum atomic E-state index is 12.9. The molecule has 0 radical (unpaired) electrons. The zero-order valence-electron chi connectivity index (χ0n) is 16.6. The van der Waals surface area contributed by atoms with Gasteiger partial charge in [-0.15, -0.1) is 0 Å². The average Bonchev–Trinajstić information content (AvgIpc) is 3.06. The van der Waals surface area contributed by atoms with Crippen LogP contribution in [0.5, 0.6) is 0 Å². The minimum absolute atomic E-state index is 0.258. The van der Waals surface area contributed by atoms with Crippen LogP contribution in [0.1, 0.15) is 40.0 Å². The lowest BCUT2D eigenvalue weighted by Crippen LogP contribution is -2.51. The number of nitrogens with one attached hydrogen (secondary N) is 1. The Labute approximate surface area is 164 Å². The number of benzene rings is 1. The molecule has 152 valence electrons. The Morgan fingerprint density at radius 1 is 1.21 bits per heavy atom. The number of hydrogen-bond donors (Lipinski definition) is 1. The molecule has 2 saturated heterocycles. The molecule has 2 aliphatic rings. The second kappa shape index (κ2) is 8.08. The smallest absolute Gasteiger partial charge is 0.414 e. The molecular formula is C20H27N3O5. The van der Waals surface area contributed by atoms with E-state index in [0.29, 0.717) is 37.5 Å². The SMILES string of the molecule is CC(C)(C)OC(=O)N1CCCCC1C(=O)Nc1cccc(N2CCOC2=O)c1. The number of amides is 3. The summed E-state index contributed by atoms with van der Waals surface area (Å²) < 4.78 is 10.4. The van der Waals surface area contributed by atoms with Gasteiger partial charge in [-0.25, -0.2) is 9.59 Å². The zero-order chi connectivity index (χ0) is 20.3. The molecule has 0 aromatic heterocycles. The van der Waals surface area contributed by atoms with E-state index < -0.39 is 23.8 Å². The molecule has 1 N–H and O–H groups in total. The first-order chi connectivity index (χ1) is 13.2. The molecule has 2 fully saturated rings. The minimum atomic E-state index is -0.617. The van der Waals surface area contributed by atoms with E-state index in [4.69, 9.17) is 9.47 Å². The summed E-state index contributed by atoms with van der Waals surface area (Å²) in [5.74, 6) is -0.258. The van der Waals surface area contributed by atoms with Gasteiger partial charge in [0.05, 0.1) is 6.54 Å². The number of carbonyl (C=O) groups excluding carboxylic acids is 3. The molecule has 2 aliphatic heterocycles. The standard InChI is InChI=1S/C20H27N3O5/c1-20(2,3)28-19(26)23-10-5-4-9-16(23)17(24)21-14-7-6-8-15(13-14)22-11-12-27-18(22)25/h6-8,13,16H,4-5,9-12H2,1-3H3,(H,21,24). The second-order valence-corrected chi connectivity index (χ2v) is 7.99. The van der Waals surface area contributed by atoms with Crippen LogP contribution >= 0.6 is 0 Å². The van der Waals surface area contributed by atoms with E-state index in [9.17, 15) is 14.4 Å². The minimum Gasteiger partial charge on any atom is -0.447 e. The molecule has 1 aromatic rings. The largest absolute Gasteiger partial charge is 0.447 e. The van der Waals surface area contributed by atoms with Gasteiger partial charge in [-0.3, -0.25) is 14.6 Å². The summed E-state index contributed by atoms with van der Waals surface area (Å²) in [6.07, 6.45) is 1.43. The highest BCUT2D eigenvalue weighted by Gasteiger charge is 2.35. The van der Waals surface area contributed by atoms with Gasteiger partial charge < -0.3 is 14.8 Å². The highest BCUT2D eigenvalue weighted by molar-refractivity contribution is 5.97. The van der Waals surface area contributed by atoms with Crippen molar-refractivity contribution in [2.24, 2.45) is 0 Å². The van der Waals surface area contributed by atoms with Gasteiger partial charge in [0.15, 0.2) is 0 Å². The van der Waals surface area contributed by atoms with Crippen LogP contribution in [0.15, 0.2) is 24.3 Å². The number of anilines is 2. The summed E-state index contributed by atoms with van der Waals surface area (Å²) in [7, 11) is 0. The van der Waals surface area contributed by atoms with Crippen LogP contribution in [0, 0.1) is 0 Å². The van der Waals surface area contributed by atoms with Crippen LogP contribution < -0.4 is 10.2 Å². The molecule has 3 rings (SSSR count). The Bertz CT molecular complexity index is 758. The number of cyclic esters (lactones) is 1. The monoisotopic (exact) mass is 389 g/mol. The quantitative estimate of drug-likeness (QED) is 0.856. The molecule has 0 spiro atoms. The molecule has 1 unspecified atom stereocenters. The first-order valence-electron chi connectivity index (χ1n) is 9.59. The van der Waals surface area contributed by atoms with Crippen molar-refractivity contribution >= 4 is 29.5 Å². The van der Waals surface area contributed by atoms with Crippen LogP contribution in [0.3, 0.4) is 0 Å². The van der Waals surface area contributed by atoms with Crippen LogP contribution in [-0.4, -0.2) is 54.3 Å². The van der Waals surface area contributed by atoms with Crippen molar-refractivity contribution in [2.75, 3.05) is 29.9 Å². The predicted octanol–water partition coefficient (Wildman–Crippen LogP) is 3.37. The fourth-order valence-electron chi connectivity index (χ4n) is 3.35. The topological polar surface area (TPSA) is 88.2 Å². The number of nitrogens with zero attached hydrogens (tertiary/aromatic N) is 2. The van der Waals surface area contributed by atoms with E-state index in [-0.39, 0.29) is 5.91 Å².